The van der Waals surface area contributed by atoms with E-state index in [0.717, 1.165) is 17.7 Å². The molecule has 1 aromatic carbocycles. The van der Waals surface area contributed by atoms with Crippen molar-refractivity contribution in [2.75, 3.05) is 14.2 Å². The van der Waals surface area contributed by atoms with Crippen LogP contribution in [0.5, 0.6) is 5.75 Å². The van der Waals surface area contributed by atoms with Gasteiger partial charge in [-0.3, -0.25) is 4.79 Å². The lowest BCUT2D eigenvalue weighted by Gasteiger charge is -2.14. The molecule has 0 aliphatic rings. The summed E-state index contributed by atoms with van der Waals surface area (Å²) < 4.78 is 9.87. The molecule has 0 heterocycles. The number of hydrogen-bond acceptors (Lipinski definition) is 4. The summed E-state index contributed by atoms with van der Waals surface area (Å²) in [5, 5.41) is 0. The van der Waals surface area contributed by atoms with Crippen LogP contribution < -0.4 is 10.5 Å². The van der Waals surface area contributed by atoms with Gasteiger partial charge in [-0.1, -0.05) is 6.07 Å². The van der Waals surface area contributed by atoms with Crippen LogP contribution in [-0.4, -0.2) is 26.2 Å². The standard InChI is InChI=1S/C14H21NO3/c1-9-10(2)13(17-3)8-6-11(9)5-7-12(15)14(16)18-4/h6,8,12H,5,7,15H2,1-4H3. The number of benzene rings is 1. The van der Waals surface area contributed by atoms with Gasteiger partial charge in [-0.15, -0.1) is 0 Å². The summed E-state index contributed by atoms with van der Waals surface area (Å²) in [6.07, 6.45) is 1.34. The van der Waals surface area contributed by atoms with Crippen LogP contribution in [0.25, 0.3) is 0 Å². The van der Waals surface area contributed by atoms with Crippen LogP contribution >= 0.6 is 0 Å². The summed E-state index contributed by atoms with van der Waals surface area (Å²) in [5.41, 5.74) is 9.22. The van der Waals surface area contributed by atoms with Gasteiger partial charge in [-0.25, -0.2) is 0 Å². The van der Waals surface area contributed by atoms with Crippen LogP contribution in [0.4, 0.5) is 0 Å². The van der Waals surface area contributed by atoms with E-state index < -0.39 is 6.04 Å². The first-order valence-corrected chi connectivity index (χ1v) is 5.97. The summed E-state index contributed by atoms with van der Waals surface area (Å²) in [4.78, 5) is 11.2. The van der Waals surface area contributed by atoms with Crippen LogP contribution in [0.2, 0.25) is 0 Å². The van der Waals surface area contributed by atoms with Gasteiger partial charge in [-0.2, -0.15) is 0 Å². The Hall–Kier alpha value is -1.55. The fourth-order valence-corrected chi connectivity index (χ4v) is 1.92. The topological polar surface area (TPSA) is 61.5 Å². The smallest absolute Gasteiger partial charge is 0.322 e. The third-order valence-corrected chi connectivity index (χ3v) is 3.30. The summed E-state index contributed by atoms with van der Waals surface area (Å²) in [7, 11) is 3.01. The summed E-state index contributed by atoms with van der Waals surface area (Å²) in [5.74, 6) is 0.520. The Morgan fingerprint density at radius 3 is 2.50 bits per heavy atom. The maximum Gasteiger partial charge on any atom is 0.322 e. The molecule has 0 saturated heterocycles. The van der Waals surface area contributed by atoms with E-state index in [1.165, 1.54) is 18.2 Å². The van der Waals surface area contributed by atoms with Crippen molar-refractivity contribution < 1.29 is 14.3 Å². The van der Waals surface area contributed by atoms with E-state index in [9.17, 15) is 4.79 Å². The maximum absolute atomic E-state index is 11.2. The lowest BCUT2D eigenvalue weighted by Crippen LogP contribution is -2.32. The number of nitrogens with two attached hydrogens (primary N) is 1. The zero-order valence-corrected chi connectivity index (χ0v) is 11.4. The van der Waals surface area contributed by atoms with Crippen LogP contribution in [0.1, 0.15) is 23.1 Å². The molecule has 1 aromatic rings. The molecule has 0 bridgehead atoms. The molecule has 0 amide bonds. The molecule has 100 valence electrons. The van der Waals surface area contributed by atoms with E-state index in [2.05, 4.69) is 11.7 Å². The van der Waals surface area contributed by atoms with Crippen LogP contribution in [-0.2, 0) is 16.0 Å². The van der Waals surface area contributed by atoms with Crippen molar-refractivity contribution in [1.82, 2.24) is 0 Å². The lowest BCUT2D eigenvalue weighted by atomic mass is 9.97. The Morgan fingerprint density at radius 1 is 1.28 bits per heavy atom. The van der Waals surface area contributed by atoms with Gasteiger partial charge in [0.05, 0.1) is 14.2 Å². The van der Waals surface area contributed by atoms with E-state index in [0.29, 0.717) is 6.42 Å². The lowest BCUT2D eigenvalue weighted by molar-refractivity contribution is -0.142. The molecule has 0 aliphatic heterocycles. The highest BCUT2D eigenvalue weighted by Crippen LogP contribution is 2.24. The molecule has 0 radical (unpaired) electrons. The molecule has 1 unspecified atom stereocenters. The number of esters is 1. The highest BCUT2D eigenvalue weighted by molar-refractivity contribution is 5.75. The largest absolute Gasteiger partial charge is 0.496 e. The third-order valence-electron chi connectivity index (χ3n) is 3.30. The summed E-state index contributed by atoms with van der Waals surface area (Å²) in [6, 6.07) is 3.41. The maximum atomic E-state index is 11.2. The number of aryl methyl sites for hydroxylation is 1. The summed E-state index contributed by atoms with van der Waals surface area (Å²) >= 11 is 0. The first kappa shape index (κ1) is 14.5. The SMILES string of the molecule is COC(=O)C(N)CCc1ccc(OC)c(C)c1C. The van der Waals surface area contributed by atoms with Crippen molar-refractivity contribution >= 4 is 5.97 Å². The van der Waals surface area contributed by atoms with Gasteiger partial charge >= 0.3 is 5.97 Å². The molecule has 4 nitrogen and oxygen atoms in total. The molecule has 1 atom stereocenters. The van der Waals surface area contributed by atoms with Gasteiger partial charge in [0.15, 0.2) is 0 Å². The number of hydrogen-bond donors (Lipinski definition) is 1. The van der Waals surface area contributed by atoms with Crippen molar-refractivity contribution in [3.8, 4) is 5.75 Å². The van der Waals surface area contributed by atoms with E-state index in [4.69, 9.17) is 10.5 Å². The monoisotopic (exact) mass is 251 g/mol. The molecule has 1 rings (SSSR count). The first-order valence-electron chi connectivity index (χ1n) is 5.97. The van der Waals surface area contributed by atoms with E-state index in [1.54, 1.807) is 7.11 Å². The molecule has 18 heavy (non-hydrogen) atoms. The number of carbonyl (C=O) groups is 1. The Balaban J connectivity index is 2.74. The van der Waals surface area contributed by atoms with Crippen molar-refractivity contribution in [3.63, 3.8) is 0 Å². The summed E-state index contributed by atoms with van der Waals surface area (Å²) in [6.45, 7) is 4.08. The zero-order chi connectivity index (χ0) is 13.7. The highest BCUT2D eigenvalue weighted by atomic mass is 16.5. The van der Waals surface area contributed by atoms with Gasteiger partial charge in [0.2, 0.25) is 0 Å². The van der Waals surface area contributed by atoms with E-state index in [1.807, 2.05) is 19.1 Å². The molecule has 0 saturated carbocycles. The molecular formula is C14H21NO3. The predicted molar refractivity (Wildman–Crippen MR) is 70.8 cm³/mol. The van der Waals surface area contributed by atoms with Crippen molar-refractivity contribution in [2.45, 2.75) is 32.7 Å². The second kappa shape index (κ2) is 6.40. The zero-order valence-electron chi connectivity index (χ0n) is 11.4. The first-order chi connectivity index (χ1) is 8.51. The van der Waals surface area contributed by atoms with Gasteiger partial charge in [0.25, 0.3) is 0 Å². The molecule has 0 aromatic heterocycles. The Kier molecular flexibility index (Phi) is 5.16. The Bertz CT molecular complexity index is 429. The fraction of sp³-hybridized carbons (Fsp3) is 0.500. The number of methoxy groups -OCH3 is 2. The average molecular weight is 251 g/mol. The third kappa shape index (κ3) is 3.23. The minimum Gasteiger partial charge on any atom is -0.496 e. The second-order valence-corrected chi connectivity index (χ2v) is 4.35. The Morgan fingerprint density at radius 2 is 1.94 bits per heavy atom. The molecular weight excluding hydrogens is 230 g/mol. The quantitative estimate of drug-likeness (QED) is 0.810. The van der Waals surface area contributed by atoms with Crippen molar-refractivity contribution in [1.29, 1.82) is 0 Å². The number of carbonyl (C=O) groups excluding carboxylic acids is 1. The van der Waals surface area contributed by atoms with E-state index >= 15 is 0 Å². The number of ether oxygens (including phenoxy) is 2. The highest BCUT2D eigenvalue weighted by Gasteiger charge is 2.14. The fourth-order valence-electron chi connectivity index (χ4n) is 1.92. The molecule has 0 aliphatic carbocycles. The van der Waals surface area contributed by atoms with Crippen LogP contribution in [0, 0.1) is 13.8 Å². The minimum absolute atomic E-state index is 0.363. The predicted octanol–water partition coefficient (Wildman–Crippen LogP) is 1.74. The van der Waals surface area contributed by atoms with Crippen molar-refractivity contribution in [3.05, 3.63) is 28.8 Å². The Labute approximate surface area is 108 Å². The minimum atomic E-state index is -0.559. The molecule has 0 fully saturated rings. The molecule has 0 spiro atoms. The van der Waals surface area contributed by atoms with Gasteiger partial charge in [0.1, 0.15) is 11.8 Å². The van der Waals surface area contributed by atoms with Gasteiger partial charge < -0.3 is 15.2 Å². The molecule has 2 N–H and O–H groups in total. The van der Waals surface area contributed by atoms with Gasteiger partial charge in [0, 0.05) is 0 Å². The normalized spacial score (nSPS) is 12.1. The van der Waals surface area contributed by atoms with Crippen molar-refractivity contribution in [2.24, 2.45) is 5.73 Å². The van der Waals surface area contributed by atoms with Gasteiger partial charge in [-0.05, 0) is 49.4 Å². The number of rotatable bonds is 5. The van der Waals surface area contributed by atoms with E-state index in [-0.39, 0.29) is 5.97 Å². The average Bonchev–Trinajstić information content (AvgIpc) is 2.39. The molecule has 4 heteroatoms. The van der Waals surface area contributed by atoms with Crippen LogP contribution in [0.3, 0.4) is 0 Å². The van der Waals surface area contributed by atoms with Crippen LogP contribution in [0.15, 0.2) is 12.1 Å². The second-order valence-electron chi connectivity index (χ2n) is 4.35.